The van der Waals surface area contributed by atoms with Crippen molar-refractivity contribution in [2.75, 3.05) is 13.1 Å². The summed E-state index contributed by atoms with van der Waals surface area (Å²) in [5.74, 6) is 1.84. The molecule has 4 rings (SSSR count). The average Bonchev–Trinajstić information content (AvgIpc) is 2.95. The molecule has 2 aliphatic heterocycles. The number of hydrogen-bond donors (Lipinski definition) is 1. The Morgan fingerprint density at radius 3 is 3.16 bits per heavy atom. The van der Waals surface area contributed by atoms with E-state index in [-0.39, 0.29) is 5.91 Å². The van der Waals surface area contributed by atoms with Crippen LogP contribution in [-0.2, 0) is 0 Å². The van der Waals surface area contributed by atoms with Crippen LogP contribution in [0.1, 0.15) is 34.5 Å². The fourth-order valence-corrected chi connectivity index (χ4v) is 2.50. The third kappa shape index (κ3) is 1.59. The van der Waals surface area contributed by atoms with Gasteiger partial charge in [-0.05, 0) is 19.8 Å². The lowest BCUT2D eigenvalue weighted by Gasteiger charge is -2.18. The number of amidine groups is 1. The summed E-state index contributed by atoms with van der Waals surface area (Å²) in [6, 6.07) is 0.325. The first-order valence-electron chi connectivity index (χ1n) is 6.54. The average molecular weight is 258 g/mol. The van der Waals surface area contributed by atoms with Crippen LogP contribution >= 0.6 is 0 Å². The number of hydrogen-bond acceptors (Lipinski definition) is 5. The van der Waals surface area contributed by atoms with Gasteiger partial charge < -0.3 is 14.6 Å². The first-order chi connectivity index (χ1) is 9.24. The van der Waals surface area contributed by atoms with E-state index in [0.29, 0.717) is 23.2 Å². The Bertz CT molecular complexity index is 625. The van der Waals surface area contributed by atoms with Crippen molar-refractivity contribution in [3.63, 3.8) is 0 Å². The van der Waals surface area contributed by atoms with Gasteiger partial charge >= 0.3 is 0 Å². The molecule has 1 amide bonds. The van der Waals surface area contributed by atoms with E-state index in [0.717, 1.165) is 37.3 Å². The van der Waals surface area contributed by atoms with Crippen molar-refractivity contribution in [2.45, 2.75) is 25.8 Å². The number of nitrogens with zero attached hydrogens (tertiary/aromatic N) is 3. The van der Waals surface area contributed by atoms with Crippen LogP contribution in [0.5, 0.6) is 0 Å². The highest BCUT2D eigenvalue weighted by molar-refractivity contribution is 6.17. The van der Waals surface area contributed by atoms with E-state index in [9.17, 15) is 4.79 Å². The number of carbonyl (C=O) groups excluding carboxylic acids is 1. The molecule has 1 aromatic rings. The number of fused-ring (bicyclic) bond motifs is 3. The van der Waals surface area contributed by atoms with Crippen LogP contribution in [0.4, 0.5) is 5.88 Å². The van der Waals surface area contributed by atoms with Gasteiger partial charge in [0.05, 0.1) is 17.7 Å². The Labute approximate surface area is 110 Å². The van der Waals surface area contributed by atoms with Gasteiger partial charge in [0.1, 0.15) is 17.9 Å². The normalized spacial score (nSPS) is 20.1. The number of rotatable bonds is 2. The summed E-state index contributed by atoms with van der Waals surface area (Å²) < 4.78 is 5.60. The van der Waals surface area contributed by atoms with E-state index in [2.05, 4.69) is 15.3 Å². The fourth-order valence-electron chi connectivity index (χ4n) is 2.50. The third-order valence-corrected chi connectivity index (χ3v) is 3.62. The quantitative estimate of drug-likeness (QED) is 0.867. The molecule has 1 fully saturated rings. The van der Waals surface area contributed by atoms with E-state index in [1.54, 1.807) is 13.3 Å². The summed E-state index contributed by atoms with van der Waals surface area (Å²) in [5.41, 5.74) is 1.33. The standard InChI is InChI=1S/C13H14N4O2/c1-7-9(12(18)16-8-2-3-8)10-11-14-4-5-17(11)6-15-13(10)19-7/h6,8H,2-5H2,1H3,(H,16,18). The predicted molar refractivity (Wildman–Crippen MR) is 70.2 cm³/mol. The second-order valence-electron chi connectivity index (χ2n) is 5.10. The van der Waals surface area contributed by atoms with E-state index >= 15 is 0 Å². The Kier molecular flexibility index (Phi) is 2.09. The Morgan fingerprint density at radius 2 is 2.37 bits per heavy atom. The molecule has 19 heavy (non-hydrogen) atoms. The predicted octanol–water partition coefficient (Wildman–Crippen LogP) is 1.22. The van der Waals surface area contributed by atoms with Gasteiger partial charge in [0.25, 0.3) is 5.91 Å². The molecule has 3 heterocycles. The van der Waals surface area contributed by atoms with Gasteiger partial charge in [0, 0.05) is 12.6 Å². The summed E-state index contributed by atoms with van der Waals surface area (Å²) in [6.07, 6.45) is 3.85. The summed E-state index contributed by atoms with van der Waals surface area (Å²) >= 11 is 0. The molecule has 1 saturated carbocycles. The molecule has 0 aromatic carbocycles. The number of carbonyl (C=O) groups is 1. The lowest BCUT2D eigenvalue weighted by molar-refractivity contribution is 0.0949. The van der Waals surface area contributed by atoms with E-state index in [1.807, 2.05) is 4.90 Å². The molecule has 0 radical (unpaired) electrons. The fraction of sp³-hybridized carbons (Fsp3) is 0.462. The van der Waals surface area contributed by atoms with Crippen LogP contribution in [0.3, 0.4) is 0 Å². The highest BCUT2D eigenvalue weighted by Crippen LogP contribution is 2.34. The molecule has 3 aliphatic rings. The number of aryl methyl sites for hydroxylation is 1. The van der Waals surface area contributed by atoms with Crippen molar-refractivity contribution < 1.29 is 9.21 Å². The van der Waals surface area contributed by atoms with Gasteiger partial charge in [0.2, 0.25) is 5.88 Å². The number of aliphatic imine (C=N–C) groups is 2. The van der Waals surface area contributed by atoms with Crippen LogP contribution in [0, 0.1) is 6.92 Å². The van der Waals surface area contributed by atoms with Crippen molar-refractivity contribution in [1.29, 1.82) is 0 Å². The first kappa shape index (κ1) is 10.8. The maximum absolute atomic E-state index is 12.3. The minimum atomic E-state index is -0.0725. The van der Waals surface area contributed by atoms with Crippen LogP contribution in [0.25, 0.3) is 0 Å². The van der Waals surface area contributed by atoms with E-state index in [1.165, 1.54) is 0 Å². The monoisotopic (exact) mass is 258 g/mol. The van der Waals surface area contributed by atoms with Crippen molar-refractivity contribution >= 4 is 24.0 Å². The molecular weight excluding hydrogens is 244 g/mol. The van der Waals surface area contributed by atoms with Crippen molar-refractivity contribution in [1.82, 2.24) is 10.2 Å². The Morgan fingerprint density at radius 1 is 1.53 bits per heavy atom. The number of nitrogens with one attached hydrogen (secondary N) is 1. The van der Waals surface area contributed by atoms with Crippen LogP contribution in [0.15, 0.2) is 14.4 Å². The van der Waals surface area contributed by atoms with Gasteiger partial charge in [-0.25, -0.2) is 4.99 Å². The Hall–Kier alpha value is -2.11. The summed E-state index contributed by atoms with van der Waals surface area (Å²) in [5, 5.41) is 3.00. The second kappa shape index (κ2) is 3.69. The third-order valence-electron chi connectivity index (χ3n) is 3.62. The first-order valence-corrected chi connectivity index (χ1v) is 6.54. The zero-order chi connectivity index (χ0) is 13.0. The molecule has 0 unspecified atom stereocenters. The maximum Gasteiger partial charge on any atom is 0.255 e. The molecule has 1 N–H and O–H groups in total. The molecule has 6 nitrogen and oxygen atoms in total. The van der Waals surface area contributed by atoms with Crippen molar-refractivity contribution in [3.8, 4) is 0 Å². The smallest absolute Gasteiger partial charge is 0.255 e. The number of amides is 1. The van der Waals surface area contributed by atoms with E-state index in [4.69, 9.17) is 4.42 Å². The van der Waals surface area contributed by atoms with Gasteiger partial charge in [0.15, 0.2) is 0 Å². The van der Waals surface area contributed by atoms with Gasteiger partial charge in [-0.15, -0.1) is 0 Å². The highest BCUT2D eigenvalue weighted by atomic mass is 16.4. The largest absolute Gasteiger partial charge is 0.442 e. The highest BCUT2D eigenvalue weighted by Gasteiger charge is 2.35. The molecule has 98 valence electrons. The molecule has 0 spiro atoms. The molecule has 1 aliphatic carbocycles. The Balaban J connectivity index is 1.81. The zero-order valence-electron chi connectivity index (χ0n) is 10.6. The van der Waals surface area contributed by atoms with Gasteiger partial charge in [-0.3, -0.25) is 9.79 Å². The van der Waals surface area contributed by atoms with Crippen LogP contribution in [0.2, 0.25) is 0 Å². The summed E-state index contributed by atoms with van der Waals surface area (Å²) in [4.78, 5) is 23.0. The minimum Gasteiger partial charge on any atom is -0.442 e. The second-order valence-corrected chi connectivity index (χ2v) is 5.10. The van der Waals surface area contributed by atoms with Crippen molar-refractivity contribution in [2.24, 2.45) is 9.98 Å². The molecule has 6 heteroatoms. The van der Waals surface area contributed by atoms with Crippen LogP contribution < -0.4 is 5.32 Å². The lowest BCUT2D eigenvalue weighted by atomic mass is 10.1. The summed E-state index contributed by atoms with van der Waals surface area (Å²) in [6.45, 7) is 3.34. The topological polar surface area (TPSA) is 70.2 Å². The summed E-state index contributed by atoms with van der Waals surface area (Å²) in [7, 11) is 0. The van der Waals surface area contributed by atoms with Crippen molar-refractivity contribution in [3.05, 3.63) is 16.9 Å². The van der Waals surface area contributed by atoms with Gasteiger partial charge in [-0.2, -0.15) is 0 Å². The minimum absolute atomic E-state index is 0.0725. The number of furan rings is 1. The van der Waals surface area contributed by atoms with Crippen LogP contribution in [-0.4, -0.2) is 42.1 Å². The zero-order valence-corrected chi connectivity index (χ0v) is 10.6. The van der Waals surface area contributed by atoms with Gasteiger partial charge in [-0.1, -0.05) is 0 Å². The molecule has 0 bridgehead atoms. The molecule has 0 atom stereocenters. The maximum atomic E-state index is 12.3. The molecule has 0 saturated heterocycles. The van der Waals surface area contributed by atoms with E-state index < -0.39 is 0 Å². The SMILES string of the molecule is Cc1oc2c(c1C(=O)NC1CC1)C1=NCCN1C=N2. The lowest BCUT2D eigenvalue weighted by Crippen LogP contribution is -2.32. The molecular formula is C13H14N4O2. The molecule has 1 aromatic heterocycles.